The predicted molar refractivity (Wildman–Crippen MR) is 51.1 cm³/mol. The fourth-order valence-electron chi connectivity index (χ4n) is 1.94. The van der Waals surface area contributed by atoms with Crippen LogP contribution in [0.2, 0.25) is 0 Å². The molecule has 3 atom stereocenters. The minimum atomic E-state index is -0.209. The second-order valence-electron chi connectivity index (χ2n) is 4.13. The SMILES string of the molecule is CC(O)CNC1CCCCC1C. The minimum absolute atomic E-state index is 0.209. The van der Waals surface area contributed by atoms with Crippen LogP contribution in [0.25, 0.3) is 0 Å². The summed E-state index contributed by atoms with van der Waals surface area (Å²) in [7, 11) is 0. The average Bonchev–Trinajstić information content (AvgIpc) is 2.03. The van der Waals surface area contributed by atoms with E-state index in [9.17, 15) is 0 Å². The quantitative estimate of drug-likeness (QED) is 0.675. The Morgan fingerprint density at radius 2 is 2.08 bits per heavy atom. The van der Waals surface area contributed by atoms with Crippen molar-refractivity contribution in [2.75, 3.05) is 6.54 Å². The number of nitrogens with one attached hydrogen (secondary N) is 1. The van der Waals surface area contributed by atoms with Crippen LogP contribution in [0.5, 0.6) is 0 Å². The van der Waals surface area contributed by atoms with Crippen molar-refractivity contribution in [1.29, 1.82) is 0 Å². The lowest BCUT2D eigenvalue weighted by atomic mass is 9.86. The molecule has 1 fully saturated rings. The van der Waals surface area contributed by atoms with Crippen LogP contribution in [-0.4, -0.2) is 23.8 Å². The van der Waals surface area contributed by atoms with E-state index in [4.69, 9.17) is 5.11 Å². The van der Waals surface area contributed by atoms with Crippen molar-refractivity contribution in [1.82, 2.24) is 5.32 Å². The van der Waals surface area contributed by atoms with Crippen LogP contribution < -0.4 is 5.32 Å². The van der Waals surface area contributed by atoms with E-state index in [2.05, 4.69) is 12.2 Å². The maximum atomic E-state index is 9.11. The van der Waals surface area contributed by atoms with E-state index in [0.717, 1.165) is 12.5 Å². The summed E-state index contributed by atoms with van der Waals surface area (Å²) in [5, 5.41) is 12.5. The Bertz CT molecular complexity index is 125. The van der Waals surface area contributed by atoms with Gasteiger partial charge in [-0.3, -0.25) is 0 Å². The van der Waals surface area contributed by atoms with Crippen LogP contribution in [0, 0.1) is 5.92 Å². The number of hydrogen-bond acceptors (Lipinski definition) is 2. The van der Waals surface area contributed by atoms with Gasteiger partial charge in [-0.15, -0.1) is 0 Å². The summed E-state index contributed by atoms with van der Waals surface area (Å²) < 4.78 is 0. The number of aliphatic hydroxyl groups is 1. The van der Waals surface area contributed by atoms with Crippen molar-refractivity contribution in [3.05, 3.63) is 0 Å². The predicted octanol–water partition coefficient (Wildman–Crippen LogP) is 1.54. The maximum Gasteiger partial charge on any atom is 0.0636 e. The highest BCUT2D eigenvalue weighted by molar-refractivity contribution is 4.78. The first kappa shape index (κ1) is 10.0. The summed E-state index contributed by atoms with van der Waals surface area (Å²) in [6, 6.07) is 0.647. The molecule has 1 aliphatic carbocycles. The molecule has 12 heavy (non-hydrogen) atoms. The molecule has 0 bridgehead atoms. The van der Waals surface area contributed by atoms with Crippen LogP contribution >= 0.6 is 0 Å². The first-order valence-electron chi connectivity index (χ1n) is 5.11. The normalized spacial score (nSPS) is 33.2. The number of hydrogen-bond donors (Lipinski definition) is 2. The van der Waals surface area contributed by atoms with Crippen LogP contribution in [0.15, 0.2) is 0 Å². The lowest BCUT2D eigenvalue weighted by Gasteiger charge is -2.30. The fourth-order valence-corrected chi connectivity index (χ4v) is 1.94. The molecule has 3 unspecified atom stereocenters. The highest BCUT2D eigenvalue weighted by Crippen LogP contribution is 2.23. The molecule has 2 N–H and O–H groups in total. The zero-order valence-electron chi connectivity index (χ0n) is 8.21. The highest BCUT2D eigenvalue weighted by Gasteiger charge is 2.20. The summed E-state index contributed by atoms with van der Waals surface area (Å²) in [5.41, 5.74) is 0. The molecule has 1 saturated carbocycles. The maximum absolute atomic E-state index is 9.11. The van der Waals surface area contributed by atoms with Gasteiger partial charge in [-0.05, 0) is 25.7 Å². The third kappa shape index (κ3) is 3.11. The molecule has 0 heterocycles. The van der Waals surface area contributed by atoms with Gasteiger partial charge < -0.3 is 10.4 Å². The lowest BCUT2D eigenvalue weighted by molar-refractivity contribution is 0.172. The molecular formula is C10H21NO. The lowest BCUT2D eigenvalue weighted by Crippen LogP contribution is -2.40. The van der Waals surface area contributed by atoms with Crippen molar-refractivity contribution in [2.45, 2.75) is 51.7 Å². The Labute approximate surface area is 75.4 Å². The first-order chi connectivity index (χ1) is 5.70. The van der Waals surface area contributed by atoms with Gasteiger partial charge in [0.2, 0.25) is 0 Å². The number of rotatable bonds is 3. The number of aliphatic hydroxyl groups excluding tert-OH is 1. The Morgan fingerprint density at radius 1 is 1.42 bits per heavy atom. The summed E-state index contributed by atoms with van der Waals surface area (Å²) in [6.45, 7) is 4.88. The molecule has 2 heteroatoms. The molecule has 0 aromatic rings. The van der Waals surface area contributed by atoms with Gasteiger partial charge >= 0.3 is 0 Å². The summed E-state index contributed by atoms with van der Waals surface area (Å²) >= 11 is 0. The van der Waals surface area contributed by atoms with Crippen molar-refractivity contribution in [3.63, 3.8) is 0 Å². The molecule has 0 aromatic heterocycles. The van der Waals surface area contributed by atoms with E-state index in [1.165, 1.54) is 25.7 Å². The van der Waals surface area contributed by atoms with Gasteiger partial charge in [-0.2, -0.15) is 0 Å². The second kappa shape index (κ2) is 4.83. The van der Waals surface area contributed by atoms with Gasteiger partial charge in [0.1, 0.15) is 0 Å². The monoisotopic (exact) mass is 171 g/mol. The van der Waals surface area contributed by atoms with Gasteiger partial charge in [0.05, 0.1) is 6.10 Å². The van der Waals surface area contributed by atoms with Crippen LogP contribution in [0.3, 0.4) is 0 Å². The third-order valence-corrected chi connectivity index (χ3v) is 2.79. The van der Waals surface area contributed by atoms with Crippen molar-refractivity contribution in [3.8, 4) is 0 Å². The Hall–Kier alpha value is -0.0800. The van der Waals surface area contributed by atoms with Crippen molar-refractivity contribution >= 4 is 0 Å². The molecule has 0 saturated heterocycles. The zero-order chi connectivity index (χ0) is 8.97. The van der Waals surface area contributed by atoms with Gasteiger partial charge in [0.25, 0.3) is 0 Å². The topological polar surface area (TPSA) is 32.3 Å². The molecule has 1 aliphatic rings. The molecule has 0 aromatic carbocycles. The molecule has 2 nitrogen and oxygen atoms in total. The Morgan fingerprint density at radius 3 is 2.67 bits per heavy atom. The second-order valence-corrected chi connectivity index (χ2v) is 4.13. The molecule has 0 spiro atoms. The average molecular weight is 171 g/mol. The highest BCUT2D eigenvalue weighted by atomic mass is 16.3. The Kier molecular flexibility index (Phi) is 4.02. The van der Waals surface area contributed by atoms with E-state index in [1.807, 2.05) is 6.92 Å². The molecule has 0 aliphatic heterocycles. The van der Waals surface area contributed by atoms with Gasteiger partial charge in [-0.1, -0.05) is 19.8 Å². The van der Waals surface area contributed by atoms with E-state index in [1.54, 1.807) is 0 Å². The van der Waals surface area contributed by atoms with E-state index >= 15 is 0 Å². The van der Waals surface area contributed by atoms with Crippen LogP contribution in [-0.2, 0) is 0 Å². The molecule has 72 valence electrons. The summed E-state index contributed by atoms with van der Waals surface area (Å²) in [5.74, 6) is 0.789. The van der Waals surface area contributed by atoms with Crippen molar-refractivity contribution in [2.24, 2.45) is 5.92 Å². The standard InChI is InChI=1S/C10H21NO/c1-8-5-3-4-6-10(8)11-7-9(2)12/h8-12H,3-7H2,1-2H3. The molecular weight excluding hydrogens is 150 g/mol. The molecule has 1 rings (SSSR count). The Balaban J connectivity index is 2.20. The van der Waals surface area contributed by atoms with Crippen molar-refractivity contribution < 1.29 is 5.11 Å². The van der Waals surface area contributed by atoms with Gasteiger partial charge in [-0.25, -0.2) is 0 Å². The van der Waals surface area contributed by atoms with E-state index in [-0.39, 0.29) is 6.10 Å². The van der Waals surface area contributed by atoms with Gasteiger partial charge in [0, 0.05) is 12.6 Å². The van der Waals surface area contributed by atoms with Gasteiger partial charge in [0.15, 0.2) is 0 Å². The fraction of sp³-hybridized carbons (Fsp3) is 1.00. The minimum Gasteiger partial charge on any atom is -0.392 e. The van der Waals surface area contributed by atoms with Crippen LogP contribution in [0.4, 0.5) is 0 Å². The van der Waals surface area contributed by atoms with E-state index in [0.29, 0.717) is 6.04 Å². The molecule has 0 radical (unpaired) electrons. The summed E-state index contributed by atoms with van der Waals surface area (Å²) in [4.78, 5) is 0. The van der Waals surface area contributed by atoms with E-state index < -0.39 is 0 Å². The molecule has 0 amide bonds. The first-order valence-corrected chi connectivity index (χ1v) is 5.11. The smallest absolute Gasteiger partial charge is 0.0636 e. The third-order valence-electron chi connectivity index (χ3n) is 2.79. The zero-order valence-corrected chi connectivity index (χ0v) is 8.21. The summed E-state index contributed by atoms with van der Waals surface area (Å²) in [6.07, 6.45) is 5.15. The largest absolute Gasteiger partial charge is 0.392 e. The van der Waals surface area contributed by atoms with Crippen LogP contribution in [0.1, 0.15) is 39.5 Å².